The van der Waals surface area contributed by atoms with Crippen molar-refractivity contribution in [1.82, 2.24) is 10.9 Å². The summed E-state index contributed by atoms with van der Waals surface area (Å²) in [6.45, 7) is 7.54. The van der Waals surface area contributed by atoms with Crippen LogP contribution in [0.1, 0.15) is 37.8 Å². The van der Waals surface area contributed by atoms with Gasteiger partial charge in [-0.1, -0.05) is 37.6 Å². The highest BCUT2D eigenvalue weighted by molar-refractivity contribution is 6.31. The van der Waals surface area contributed by atoms with Crippen LogP contribution in [0.3, 0.4) is 0 Å². The molecule has 0 aliphatic heterocycles. The fraction of sp³-hybridized carbons (Fsp3) is 0.364. The molecule has 0 radical (unpaired) electrons. The summed E-state index contributed by atoms with van der Waals surface area (Å²) in [5.74, 6) is 0.674. The number of anilines is 1. The van der Waals surface area contributed by atoms with Crippen molar-refractivity contribution in [3.05, 3.63) is 52.5 Å². The van der Waals surface area contributed by atoms with Gasteiger partial charge in [-0.15, -0.1) is 0 Å². The maximum atomic E-state index is 12.4. The number of benzene rings is 2. The Morgan fingerprint density at radius 3 is 2.47 bits per heavy atom. The second-order valence-electron chi connectivity index (χ2n) is 7.23. The van der Waals surface area contributed by atoms with E-state index >= 15 is 0 Å². The molecule has 2 rings (SSSR count). The predicted molar refractivity (Wildman–Crippen MR) is 118 cm³/mol. The molecule has 3 N–H and O–H groups in total. The van der Waals surface area contributed by atoms with Gasteiger partial charge < -0.3 is 14.8 Å². The van der Waals surface area contributed by atoms with E-state index in [0.717, 1.165) is 11.1 Å². The van der Waals surface area contributed by atoms with Crippen molar-refractivity contribution in [3.8, 4) is 11.5 Å². The molecule has 0 aliphatic rings. The van der Waals surface area contributed by atoms with Crippen LogP contribution in [-0.4, -0.2) is 31.6 Å². The smallest absolute Gasteiger partial charge is 0.272 e. The van der Waals surface area contributed by atoms with Gasteiger partial charge in [0.25, 0.3) is 5.91 Å². The number of carbonyl (C=O) groups is 2. The number of aryl methyl sites for hydroxylation is 1. The van der Waals surface area contributed by atoms with Crippen molar-refractivity contribution >= 4 is 29.1 Å². The van der Waals surface area contributed by atoms with Crippen LogP contribution in [0.4, 0.5) is 5.69 Å². The molecular formula is C22H28ClN3O4. The molecule has 0 aromatic heterocycles. The van der Waals surface area contributed by atoms with Gasteiger partial charge in [0.15, 0.2) is 6.61 Å². The summed E-state index contributed by atoms with van der Waals surface area (Å²) in [5.41, 5.74) is 7.69. The summed E-state index contributed by atoms with van der Waals surface area (Å²) < 4.78 is 10.9. The summed E-state index contributed by atoms with van der Waals surface area (Å²) >= 11 is 5.97. The van der Waals surface area contributed by atoms with E-state index in [0.29, 0.717) is 22.2 Å². The summed E-state index contributed by atoms with van der Waals surface area (Å²) in [5, 5.41) is 3.18. The van der Waals surface area contributed by atoms with Crippen LogP contribution in [0.2, 0.25) is 5.02 Å². The highest BCUT2D eigenvalue weighted by atomic mass is 35.5. The molecule has 0 unspecified atom stereocenters. The largest absolute Gasteiger partial charge is 0.495 e. The number of methoxy groups -OCH3 is 1. The van der Waals surface area contributed by atoms with Crippen LogP contribution in [0.25, 0.3) is 0 Å². The van der Waals surface area contributed by atoms with Crippen molar-refractivity contribution < 1.29 is 19.1 Å². The van der Waals surface area contributed by atoms with E-state index in [1.54, 1.807) is 25.1 Å². The Kier molecular flexibility index (Phi) is 8.50. The number of amides is 2. The first-order valence-electron chi connectivity index (χ1n) is 9.63. The third kappa shape index (κ3) is 6.64. The molecule has 0 saturated carbocycles. The molecule has 8 heteroatoms. The zero-order valence-corrected chi connectivity index (χ0v) is 18.6. The molecule has 2 aromatic carbocycles. The Bertz CT molecular complexity index is 902. The molecule has 0 heterocycles. The monoisotopic (exact) mass is 433 g/mol. The van der Waals surface area contributed by atoms with Gasteiger partial charge in [0.05, 0.1) is 12.8 Å². The Morgan fingerprint density at radius 1 is 1.07 bits per heavy atom. The number of carbonyl (C=O) groups excluding carboxylic acids is 2. The number of ether oxygens (including phenoxy) is 2. The third-order valence-electron chi connectivity index (χ3n) is 4.39. The van der Waals surface area contributed by atoms with Crippen LogP contribution < -0.4 is 25.6 Å². The van der Waals surface area contributed by atoms with Gasteiger partial charge in [0, 0.05) is 5.02 Å². The summed E-state index contributed by atoms with van der Waals surface area (Å²) in [6.07, 6.45) is 0. The summed E-state index contributed by atoms with van der Waals surface area (Å²) in [6, 6.07) is 10.1. The minimum Gasteiger partial charge on any atom is -0.495 e. The quantitative estimate of drug-likeness (QED) is 0.523. The zero-order chi connectivity index (χ0) is 22.3. The van der Waals surface area contributed by atoms with E-state index in [4.69, 9.17) is 21.1 Å². The predicted octanol–water partition coefficient (Wildman–Crippen LogP) is 3.81. The number of rotatable bonds is 9. The van der Waals surface area contributed by atoms with E-state index in [1.807, 2.05) is 25.1 Å². The highest BCUT2D eigenvalue weighted by Gasteiger charge is 2.16. The minimum atomic E-state index is -0.706. The van der Waals surface area contributed by atoms with Gasteiger partial charge in [-0.25, -0.2) is 5.43 Å². The Balaban J connectivity index is 1.87. The van der Waals surface area contributed by atoms with Crippen LogP contribution in [-0.2, 0) is 9.59 Å². The Morgan fingerprint density at radius 2 is 1.80 bits per heavy atom. The lowest BCUT2D eigenvalue weighted by atomic mass is 10.0. The first-order chi connectivity index (χ1) is 14.2. The van der Waals surface area contributed by atoms with Crippen molar-refractivity contribution in [3.63, 3.8) is 0 Å². The van der Waals surface area contributed by atoms with E-state index < -0.39 is 11.9 Å². The molecule has 0 aliphatic carbocycles. The number of hydrogen-bond acceptors (Lipinski definition) is 5. The van der Waals surface area contributed by atoms with Gasteiger partial charge in [0.2, 0.25) is 5.91 Å². The maximum Gasteiger partial charge on any atom is 0.272 e. The SMILES string of the molecule is COc1ccc(Cl)cc1NC(=O)[C@@H](C)NNC(=O)COc1cc(C)ccc1C(C)C. The number of halogens is 1. The molecule has 0 spiro atoms. The first-order valence-corrected chi connectivity index (χ1v) is 10.0. The lowest BCUT2D eigenvalue weighted by molar-refractivity contribution is -0.125. The molecule has 2 amide bonds. The number of hydrazine groups is 1. The van der Waals surface area contributed by atoms with Crippen molar-refractivity contribution in [1.29, 1.82) is 0 Å². The molecule has 30 heavy (non-hydrogen) atoms. The fourth-order valence-electron chi connectivity index (χ4n) is 2.70. The van der Waals surface area contributed by atoms with Crippen molar-refractivity contribution in [2.45, 2.75) is 39.7 Å². The van der Waals surface area contributed by atoms with Crippen LogP contribution in [0.15, 0.2) is 36.4 Å². The standard InChI is InChI=1S/C22H28ClN3O4/c1-13(2)17-8-6-14(3)10-20(17)30-12-21(27)26-25-15(4)22(28)24-18-11-16(23)7-9-19(18)29-5/h6-11,13,15,25H,12H2,1-5H3,(H,24,28)(H,26,27)/t15-/m1/s1. The van der Waals surface area contributed by atoms with Gasteiger partial charge >= 0.3 is 0 Å². The second-order valence-corrected chi connectivity index (χ2v) is 7.67. The van der Waals surface area contributed by atoms with E-state index in [2.05, 4.69) is 30.0 Å². The molecule has 2 aromatic rings. The lowest BCUT2D eigenvalue weighted by Gasteiger charge is -2.17. The molecule has 162 valence electrons. The lowest BCUT2D eigenvalue weighted by Crippen LogP contribution is -2.49. The van der Waals surface area contributed by atoms with Crippen LogP contribution in [0, 0.1) is 6.92 Å². The molecule has 0 bridgehead atoms. The van der Waals surface area contributed by atoms with Crippen LogP contribution in [0.5, 0.6) is 11.5 Å². The molecular weight excluding hydrogens is 406 g/mol. The van der Waals surface area contributed by atoms with Crippen molar-refractivity contribution in [2.75, 3.05) is 19.0 Å². The number of nitrogens with one attached hydrogen (secondary N) is 3. The summed E-state index contributed by atoms with van der Waals surface area (Å²) in [4.78, 5) is 24.5. The second kappa shape index (κ2) is 10.8. The topological polar surface area (TPSA) is 88.7 Å². The van der Waals surface area contributed by atoms with Crippen LogP contribution >= 0.6 is 11.6 Å². The average Bonchev–Trinajstić information content (AvgIpc) is 2.70. The molecule has 0 fully saturated rings. The van der Waals surface area contributed by atoms with E-state index in [-0.39, 0.29) is 18.4 Å². The fourth-order valence-corrected chi connectivity index (χ4v) is 2.87. The van der Waals surface area contributed by atoms with E-state index in [9.17, 15) is 9.59 Å². The van der Waals surface area contributed by atoms with E-state index in [1.165, 1.54) is 7.11 Å². The van der Waals surface area contributed by atoms with Gasteiger partial charge in [0.1, 0.15) is 17.5 Å². The zero-order valence-electron chi connectivity index (χ0n) is 17.8. The maximum absolute atomic E-state index is 12.4. The van der Waals surface area contributed by atoms with Gasteiger partial charge in [-0.2, -0.15) is 0 Å². The summed E-state index contributed by atoms with van der Waals surface area (Å²) in [7, 11) is 1.50. The average molecular weight is 434 g/mol. The Hall–Kier alpha value is -2.77. The van der Waals surface area contributed by atoms with Crippen molar-refractivity contribution in [2.24, 2.45) is 0 Å². The first kappa shape index (κ1) is 23.5. The normalized spacial score (nSPS) is 11.7. The highest BCUT2D eigenvalue weighted by Crippen LogP contribution is 2.28. The molecule has 1 atom stereocenters. The Labute approximate surface area is 182 Å². The van der Waals surface area contributed by atoms with Gasteiger partial charge in [-0.05, 0) is 55.2 Å². The number of hydrogen-bond donors (Lipinski definition) is 3. The minimum absolute atomic E-state index is 0.174. The van der Waals surface area contributed by atoms with Gasteiger partial charge in [-0.3, -0.25) is 15.0 Å². The molecule has 0 saturated heterocycles. The molecule has 7 nitrogen and oxygen atoms in total. The third-order valence-corrected chi connectivity index (χ3v) is 4.63.